The van der Waals surface area contributed by atoms with Gasteiger partial charge in [0.05, 0.1) is 6.10 Å². The van der Waals surface area contributed by atoms with Crippen LogP contribution in [0.15, 0.2) is 42.5 Å². The number of hydrogen-bond donors (Lipinski definition) is 0. The molecule has 1 saturated heterocycles. The molecule has 4 atom stereocenters. The standard InChI is InChI=1S/C23H31NO/c1-23(2,3)17-12-13-20-19(15-17)22-18(11-8-14-25-22)21(24(20)4)16-9-6-5-7-10-16/h5-7,9,12-13,15-16,18,21-22H,8,10-11,14H2,1-4H3/t16?,18-,21-,22-/m0/s1. The van der Waals surface area contributed by atoms with Crippen molar-refractivity contribution in [1.29, 1.82) is 0 Å². The summed E-state index contributed by atoms with van der Waals surface area (Å²) in [5, 5.41) is 0. The van der Waals surface area contributed by atoms with Crippen LogP contribution < -0.4 is 4.90 Å². The Balaban J connectivity index is 1.77. The van der Waals surface area contributed by atoms with Crippen molar-refractivity contribution in [1.82, 2.24) is 0 Å². The fourth-order valence-corrected chi connectivity index (χ4v) is 4.95. The maximum Gasteiger partial charge on any atom is 0.0892 e. The molecule has 0 aromatic heterocycles. The van der Waals surface area contributed by atoms with E-state index in [2.05, 4.69) is 75.2 Å². The highest BCUT2D eigenvalue weighted by Gasteiger charge is 2.44. The first-order valence-corrected chi connectivity index (χ1v) is 9.79. The van der Waals surface area contributed by atoms with Crippen LogP contribution in [0, 0.1) is 11.8 Å². The van der Waals surface area contributed by atoms with Crippen molar-refractivity contribution in [3.8, 4) is 0 Å². The zero-order valence-electron chi connectivity index (χ0n) is 16.0. The molecule has 0 amide bonds. The smallest absolute Gasteiger partial charge is 0.0892 e. The number of nitrogens with zero attached hydrogens (tertiary/aromatic N) is 1. The van der Waals surface area contributed by atoms with E-state index in [1.54, 1.807) is 0 Å². The van der Waals surface area contributed by atoms with Gasteiger partial charge in [-0.25, -0.2) is 0 Å². The van der Waals surface area contributed by atoms with Crippen molar-refractivity contribution >= 4 is 5.69 Å². The molecule has 1 aromatic rings. The van der Waals surface area contributed by atoms with Gasteiger partial charge in [0.2, 0.25) is 0 Å². The molecule has 0 radical (unpaired) electrons. The highest BCUT2D eigenvalue weighted by Crippen LogP contribution is 2.49. The number of allylic oxidation sites excluding steroid dienone is 3. The maximum absolute atomic E-state index is 6.38. The molecule has 0 spiro atoms. The Hall–Kier alpha value is -1.54. The Kier molecular flexibility index (Phi) is 4.27. The molecule has 1 aromatic carbocycles. The van der Waals surface area contributed by atoms with Gasteiger partial charge < -0.3 is 9.64 Å². The lowest BCUT2D eigenvalue weighted by molar-refractivity contribution is -0.0462. The van der Waals surface area contributed by atoms with E-state index in [0.29, 0.717) is 17.9 Å². The topological polar surface area (TPSA) is 12.5 Å². The number of ether oxygens (including phenoxy) is 1. The van der Waals surface area contributed by atoms with E-state index >= 15 is 0 Å². The minimum atomic E-state index is 0.172. The molecule has 2 aliphatic heterocycles. The zero-order chi connectivity index (χ0) is 17.6. The summed E-state index contributed by atoms with van der Waals surface area (Å²) >= 11 is 0. The molecule has 0 N–H and O–H groups in total. The van der Waals surface area contributed by atoms with Gasteiger partial charge >= 0.3 is 0 Å². The molecule has 2 heteroatoms. The molecule has 1 unspecified atom stereocenters. The Morgan fingerprint density at radius 3 is 2.72 bits per heavy atom. The summed E-state index contributed by atoms with van der Waals surface area (Å²) in [7, 11) is 2.29. The van der Waals surface area contributed by atoms with Crippen LogP contribution in [0.5, 0.6) is 0 Å². The molecule has 134 valence electrons. The van der Waals surface area contributed by atoms with Crippen LogP contribution in [0.2, 0.25) is 0 Å². The van der Waals surface area contributed by atoms with Gasteiger partial charge in [-0.3, -0.25) is 0 Å². The van der Waals surface area contributed by atoms with Gasteiger partial charge in [0, 0.05) is 42.8 Å². The van der Waals surface area contributed by atoms with E-state index in [0.717, 1.165) is 13.0 Å². The molecule has 2 nitrogen and oxygen atoms in total. The lowest BCUT2D eigenvalue weighted by Crippen LogP contribution is -2.51. The van der Waals surface area contributed by atoms with Gasteiger partial charge in [-0.05, 0) is 36.3 Å². The second kappa shape index (κ2) is 6.32. The Morgan fingerprint density at radius 1 is 1.16 bits per heavy atom. The van der Waals surface area contributed by atoms with E-state index in [9.17, 15) is 0 Å². The van der Waals surface area contributed by atoms with Crippen LogP contribution in [-0.2, 0) is 10.2 Å². The molecule has 4 rings (SSSR count). The van der Waals surface area contributed by atoms with Crippen LogP contribution in [0.1, 0.15) is 57.3 Å². The first-order valence-electron chi connectivity index (χ1n) is 9.79. The molecule has 1 fully saturated rings. The fourth-order valence-electron chi connectivity index (χ4n) is 4.95. The fraction of sp³-hybridized carbons (Fsp3) is 0.565. The Morgan fingerprint density at radius 2 is 2.00 bits per heavy atom. The number of benzene rings is 1. The molecular weight excluding hydrogens is 306 g/mol. The molecule has 3 aliphatic rings. The van der Waals surface area contributed by atoms with Crippen LogP contribution in [0.3, 0.4) is 0 Å². The lowest BCUT2D eigenvalue weighted by atomic mass is 9.72. The van der Waals surface area contributed by atoms with Crippen molar-refractivity contribution in [3.05, 3.63) is 53.6 Å². The third-order valence-corrected chi connectivity index (χ3v) is 6.29. The average molecular weight is 338 g/mol. The van der Waals surface area contributed by atoms with E-state index < -0.39 is 0 Å². The van der Waals surface area contributed by atoms with Crippen LogP contribution in [0.4, 0.5) is 5.69 Å². The van der Waals surface area contributed by atoms with E-state index in [1.165, 1.54) is 29.7 Å². The van der Waals surface area contributed by atoms with Crippen molar-refractivity contribution in [2.24, 2.45) is 11.8 Å². The van der Waals surface area contributed by atoms with Gasteiger partial charge in [0.15, 0.2) is 0 Å². The highest BCUT2D eigenvalue weighted by atomic mass is 16.5. The normalized spacial score (nSPS) is 31.6. The van der Waals surface area contributed by atoms with Gasteiger partial charge in [-0.1, -0.05) is 57.2 Å². The van der Waals surface area contributed by atoms with Crippen molar-refractivity contribution in [2.75, 3.05) is 18.6 Å². The molecular formula is C23H31NO. The Bertz CT molecular complexity index is 697. The Labute approximate surface area is 152 Å². The summed E-state index contributed by atoms with van der Waals surface area (Å²) < 4.78 is 6.38. The number of rotatable bonds is 1. The van der Waals surface area contributed by atoms with Crippen LogP contribution >= 0.6 is 0 Å². The minimum absolute atomic E-state index is 0.172. The molecule has 0 saturated carbocycles. The molecule has 0 bridgehead atoms. The minimum Gasteiger partial charge on any atom is -0.373 e. The SMILES string of the molecule is CN1c2ccc(C(C)(C)C)cc2[C@H]2OCCC[C@H]2[C@@H]1C1C=CC=CC1. The largest absolute Gasteiger partial charge is 0.373 e. The monoisotopic (exact) mass is 337 g/mol. The lowest BCUT2D eigenvalue weighted by Gasteiger charge is -2.50. The highest BCUT2D eigenvalue weighted by molar-refractivity contribution is 5.60. The van der Waals surface area contributed by atoms with Crippen molar-refractivity contribution < 1.29 is 4.74 Å². The van der Waals surface area contributed by atoms with Gasteiger partial charge in [-0.15, -0.1) is 0 Å². The second-order valence-electron chi connectivity index (χ2n) is 8.94. The number of anilines is 1. The number of hydrogen-bond acceptors (Lipinski definition) is 2. The first kappa shape index (κ1) is 16.9. The average Bonchev–Trinajstić information content (AvgIpc) is 2.62. The zero-order valence-corrected chi connectivity index (χ0v) is 16.0. The van der Waals surface area contributed by atoms with Crippen LogP contribution in [0.25, 0.3) is 0 Å². The summed E-state index contributed by atoms with van der Waals surface area (Å²) in [5.41, 5.74) is 4.35. The van der Waals surface area contributed by atoms with Gasteiger partial charge in [0.1, 0.15) is 0 Å². The van der Waals surface area contributed by atoms with Gasteiger partial charge in [0.25, 0.3) is 0 Å². The molecule has 1 aliphatic carbocycles. The summed E-state index contributed by atoms with van der Waals surface area (Å²) in [6.07, 6.45) is 13.0. The van der Waals surface area contributed by atoms with Crippen molar-refractivity contribution in [3.63, 3.8) is 0 Å². The van der Waals surface area contributed by atoms with E-state index in [4.69, 9.17) is 4.74 Å². The predicted octanol–water partition coefficient (Wildman–Crippen LogP) is 5.40. The quantitative estimate of drug-likeness (QED) is 0.680. The molecule has 2 heterocycles. The molecule has 25 heavy (non-hydrogen) atoms. The number of fused-ring (bicyclic) bond motifs is 3. The van der Waals surface area contributed by atoms with Crippen molar-refractivity contribution in [2.45, 2.75) is 57.6 Å². The van der Waals surface area contributed by atoms with Gasteiger partial charge in [-0.2, -0.15) is 0 Å². The summed E-state index contributed by atoms with van der Waals surface area (Å²) in [6, 6.07) is 7.59. The predicted molar refractivity (Wildman–Crippen MR) is 105 cm³/mol. The first-order chi connectivity index (χ1) is 12.0. The third kappa shape index (κ3) is 2.95. The summed E-state index contributed by atoms with van der Waals surface area (Å²) in [4.78, 5) is 2.55. The summed E-state index contributed by atoms with van der Waals surface area (Å²) in [5.74, 6) is 1.17. The summed E-state index contributed by atoms with van der Waals surface area (Å²) in [6.45, 7) is 7.78. The third-order valence-electron chi connectivity index (χ3n) is 6.29. The second-order valence-corrected chi connectivity index (χ2v) is 8.94. The van der Waals surface area contributed by atoms with Crippen LogP contribution in [-0.4, -0.2) is 19.7 Å². The maximum atomic E-state index is 6.38. The van der Waals surface area contributed by atoms with E-state index in [-0.39, 0.29) is 11.5 Å². The van der Waals surface area contributed by atoms with E-state index in [1.807, 2.05) is 0 Å².